The Balaban J connectivity index is 0.00000338. The predicted molar refractivity (Wildman–Crippen MR) is 95.5 cm³/mol. The van der Waals surface area contributed by atoms with Crippen molar-refractivity contribution < 1.29 is 19.4 Å². The van der Waals surface area contributed by atoms with Gasteiger partial charge in [-0.05, 0) is 5.92 Å². The Morgan fingerprint density at radius 1 is 1.42 bits per heavy atom. The number of nitrogens with two attached hydrogens (primary N) is 2. The molecule has 0 radical (unpaired) electrons. The molecule has 0 amide bonds. The zero-order chi connectivity index (χ0) is 18.6. The van der Waals surface area contributed by atoms with Crippen LogP contribution in [0.4, 0.5) is 5.95 Å². The van der Waals surface area contributed by atoms with Crippen LogP contribution in [0.3, 0.4) is 0 Å². The van der Waals surface area contributed by atoms with E-state index in [1.54, 1.807) is 13.8 Å². The second kappa shape index (κ2) is 9.48. The fourth-order valence-corrected chi connectivity index (χ4v) is 1.95. The summed E-state index contributed by atoms with van der Waals surface area (Å²) in [4.78, 5) is 33.5. The van der Waals surface area contributed by atoms with Gasteiger partial charge in [0, 0.05) is 0 Å². The van der Waals surface area contributed by atoms with Gasteiger partial charge in [-0.1, -0.05) is 13.8 Å². The van der Waals surface area contributed by atoms with Crippen LogP contribution in [0.5, 0.6) is 0 Å². The summed E-state index contributed by atoms with van der Waals surface area (Å²) in [6.45, 7) is 3.26. The molecule has 26 heavy (non-hydrogen) atoms. The van der Waals surface area contributed by atoms with Gasteiger partial charge in [-0.25, -0.2) is 4.98 Å². The Morgan fingerprint density at radius 2 is 2.12 bits per heavy atom. The average molecular weight is 391 g/mol. The molecular weight excluding hydrogens is 368 g/mol. The van der Waals surface area contributed by atoms with Gasteiger partial charge in [0.05, 0.1) is 12.9 Å². The van der Waals surface area contributed by atoms with Crippen molar-refractivity contribution in [2.75, 3.05) is 18.9 Å². The molecule has 2 rings (SSSR count). The van der Waals surface area contributed by atoms with Crippen LogP contribution in [-0.4, -0.2) is 56.0 Å². The minimum atomic E-state index is -1.01. The van der Waals surface area contributed by atoms with Gasteiger partial charge in [0.2, 0.25) is 5.95 Å². The molecule has 0 aliphatic rings. The van der Waals surface area contributed by atoms with Crippen molar-refractivity contribution in [2.24, 2.45) is 11.7 Å². The maximum atomic E-state index is 11.7. The van der Waals surface area contributed by atoms with Crippen molar-refractivity contribution >= 4 is 35.5 Å². The highest BCUT2D eigenvalue weighted by atomic mass is 35.5. The van der Waals surface area contributed by atoms with Gasteiger partial charge in [-0.2, -0.15) is 4.98 Å². The van der Waals surface area contributed by atoms with Crippen molar-refractivity contribution in [2.45, 2.75) is 32.7 Å². The molecule has 0 saturated heterocycles. The van der Waals surface area contributed by atoms with Crippen LogP contribution >= 0.6 is 12.4 Å². The smallest absolute Gasteiger partial charge is 0.323 e. The van der Waals surface area contributed by atoms with Crippen molar-refractivity contribution in [3.05, 3.63) is 16.7 Å². The number of nitrogens with one attached hydrogen (secondary N) is 1. The van der Waals surface area contributed by atoms with Gasteiger partial charge in [-0.3, -0.25) is 19.1 Å². The summed E-state index contributed by atoms with van der Waals surface area (Å²) in [6.07, 6.45) is 0.361. The van der Waals surface area contributed by atoms with Gasteiger partial charge in [0.15, 0.2) is 11.2 Å². The summed E-state index contributed by atoms with van der Waals surface area (Å²) in [6, 6.07) is -0.736. The molecule has 0 spiro atoms. The quantitative estimate of drug-likeness (QED) is 0.412. The van der Waals surface area contributed by atoms with E-state index < -0.39 is 23.7 Å². The lowest BCUT2D eigenvalue weighted by atomic mass is 10.1. The second-order valence-corrected chi connectivity index (χ2v) is 5.89. The third kappa shape index (κ3) is 5.39. The molecule has 6 N–H and O–H groups in total. The van der Waals surface area contributed by atoms with E-state index in [1.807, 2.05) is 0 Å². The number of nitrogens with zero attached hydrogens (tertiary/aromatic N) is 3. The Morgan fingerprint density at radius 3 is 2.77 bits per heavy atom. The SMILES string of the molecule is CC(C)[C@H](N)C(=O)OCC(O)COCn1cnc2c(=O)[nH]c(N)nc21.Cl. The molecule has 0 saturated carbocycles. The number of hydrogen-bond acceptors (Lipinski definition) is 9. The zero-order valence-electron chi connectivity index (χ0n) is 14.4. The number of ether oxygens (including phenoxy) is 2. The van der Waals surface area contributed by atoms with Crippen molar-refractivity contribution in [3.8, 4) is 0 Å². The average Bonchev–Trinajstić information content (AvgIpc) is 2.95. The number of H-pyrrole nitrogens is 1. The first-order chi connectivity index (χ1) is 11.8. The largest absolute Gasteiger partial charge is 0.462 e. The number of carbonyl (C=O) groups is 1. The lowest BCUT2D eigenvalue weighted by Crippen LogP contribution is -2.38. The lowest BCUT2D eigenvalue weighted by Gasteiger charge is -2.16. The summed E-state index contributed by atoms with van der Waals surface area (Å²) < 4.78 is 11.7. The van der Waals surface area contributed by atoms with Gasteiger partial charge in [0.25, 0.3) is 5.56 Å². The van der Waals surface area contributed by atoms with Gasteiger partial charge >= 0.3 is 5.97 Å². The van der Waals surface area contributed by atoms with Crippen LogP contribution in [0.2, 0.25) is 0 Å². The number of aromatic amines is 1. The van der Waals surface area contributed by atoms with Gasteiger partial charge < -0.3 is 26.0 Å². The number of aliphatic hydroxyl groups is 1. The number of carbonyl (C=O) groups excluding carboxylic acids is 1. The molecule has 146 valence electrons. The molecule has 2 heterocycles. The highest BCUT2D eigenvalue weighted by Crippen LogP contribution is 2.07. The Bertz CT molecular complexity index is 792. The first-order valence-corrected chi connectivity index (χ1v) is 7.68. The normalized spacial score (nSPS) is 13.4. The number of halogens is 1. The minimum Gasteiger partial charge on any atom is -0.462 e. The van der Waals surface area contributed by atoms with E-state index in [9.17, 15) is 14.7 Å². The zero-order valence-corrected chi connectivity index (χ0v) is 15.2. The summed E-state index contributed by atoms with van der Waals surface area (Å²) in [5.41, 5.74) is 11.1. The topological polar surface area (TPSA) is 171 Å². The van der Waals surface area contributed by atoms with E-state index in [0.29, 0.717) is 0 Å². The monoisotopic (exact) mass is 390 g/mol. The molecule has 12 heteroatoms. The molecule has 2 atom stereocenters. The van der Waals surface area contributed by atoms with E-state index in [-0.39, 0.29) is 55.4 Å². The number of rotatable bonds is 8. The van der Waals surface area contributed by atoms with Crippen LogP contribution in [0.1, 0.15) is 13.8 Å². The number of anilines is 1. The number of aromatic nitrogens is 4. The van der Waals surface area contributed by atoms with Crippen LogP contribution in [0.15, 0.2) is 11.1 Å². The molecule has 2 aromatic heterocycles. The molecule has 1 unspecified atom stereocenters. The van der Waals surface area contributed by atoms with Crippen LogP contribution in [0, 0.1) is 5.92 Å². The van der Waals surface area contributed by atoms with Crippen LogP contribution < -0.4 is 17.0 Å². The Hall–Kier alpha value is -2.21. The standard InChI is InChI=1S/C14H22N6O5.ClH/c1-7(2)9(15)13(23)25-4-8(21)3-24-6-20-5-17-10-11(20)18-14(16)19-12(10)22;/h5,7-9,21H,3-4,6,15H2,1-2H3,(H3,16,18,19,22);1H/t8?,9-;/m0./s1. The molecule has 2 aromatic rings. The maximum Gasteiger partial charge on any atom is 0.323 e. The van der Waals surface area contributed by atoms with E-state index in [2.05, 4.69) is 15.0 Å². The fraction of sp³-hybridized carbons (Fsp3) is 0.571. The van der Waals surface area contributed by atoms with Crippen molar-refractivity contribution in [1.82, 2.24) is 19.5 Å². The van der Waals surface area contributed by atoms with E-state index >= 15 is 0 Å². The first-order valence-electron chi connectivity index (χ1n) is 7.68. The van der Waals surface area contributed by atoms with Crippen molar-refractivity contribution in [1.29, 1.82) is 0 Å². The Labute approximate surface area is 155 Å². The number of nitrogen functional groups attached to an aromatic ring is 1. The Kier molecular flexibility index (Phi) is 7.96. The summed E-state index contributed by atoms with van der Waals surface area (Å²) in [5.74, 6) is -0.667. The van der Waals surface area contributed by atoms with E-state index in [4.69, 9.17) is 20.9 Å². The number of aliphatic hydroxyl groups excluding tert-OH is 1. The number of fused-ring (bicyclic) bond motifs is 1. The minimum absolute atomic E-state index is 0. The maximum absolute atomic E-state index is 11.7. The lowest BCUT2D eigenvalue weighted by molar-refractivity contribution is -0.150. The second-order valence-electron chi connectivity index (χ2n) is 5.89. The molecule has 0 fully saturated rings. The molecule has 0 aliphatic heterocycles. The predicted octanol–water partition coefficient (Wildman–Crippen LogP) is -1.01. The summed E-state index contributed by atoms with van der Waals surface area (Å²) in [7, 11) is 0. The molecule has 0 aromatic carbocycles. The molecule has 0 aliphatic carbocycles. The first kappa shape index (κ1) is 21.8. The van der Waals surface area contributed by atoms with E-state index in [1.165, 1.54) is 10.9 Å². The third-order valence-corrected chi connectivity index (χ3v) is 3.44. The highest BCUT2D eigenvalue weighted by molar-refractivity contribution is 5.85. The summed E-state index contributed by atoms with van der Waals surface area (Å²) in [5, 5.41) is 9.79. The third-order valence-electron chi connectivity index (χ3n) is 3.44. The fourth-order valence-electron chi connectivity index (χ4n) is 1.95. The van der Waals surface area contributed by atoms with Gasteiger partial charge in [-0.15, -0.1) is 12.4 Å². The number of esters is 1. The van der Waals surface area contributed by atoms with Crippen molar-refractivity contribution in [3.63, 3.8) is 0 Å². The van der Waals surface area contributed by atoms with Crippen LogP contribution in [0.25, 0.3) is 11.2 Å². The summed E-state index contributed by atoms with van der Waals surface area (Å²) >= 11 is 0. The number of imidazole rings is 1. The highest BCUT2D eigenvalue weighted by Gasteiger charge is 2.20. The molecular formula is C14H23ClN6O5. The van der Waals surface area contributed by atoms with Gasteiger partial charge in [0.1, 0.15) is 25.5 Å². The van der Waals surface area contributed by atoms with Crippen LogP contribution in [-0.2, 0) is 21.0 Å². The molecule has 0 bridgehead atoms. The molecule has 11 nitrogen and oxygen atoms in total. The van der Waals surface area contributed by atoms with E-state index in [0.717, 1.165) is 0 Å². The number of hydrogen-bond donors (Lipinski definition) is 4.